The molecule has 0 bridgehead atoms. The fraction of sp³-hybridized carbons (Fsp3) is 0.158. The van der Waals surface area contributed by atoms with E-state index in [2.05, 4.69) is 45.2 Å². The lowest BCUT2D eigenvalue weighted by Gasteiger charge is -2.15. The van der Waals surface area contributed by atoms with Gasteiger partial charge in [0.05, 0.1) is 27.9 Å². The Hall–Kier alpha value is -0.850. The molecule has 27 heavy (non-hydrogen) atoms. The molecule has 3 rings (SSSR count). The number of carbonyl (C=O) groups is 1. The third-order valence-electron chi connectivity index (χ3n) is 3.74. The van der Waals surface area contributed by atoms with Gasteiger partial charge in [-0.2, -0.15) is 0 Å². The Kier molecular flexibility index (Phi) is 7.03. The smallest absolute Gasteiger partial charge is 0.270 e. The van der Waals surface area contributed by atoms with E-state index >= 15 is 0 Å². The van der Waals surface area contributed by atoms with Crippen molar-refractivity contribution < 1.29 is 14.3 Å². The Morgan fingerprint density at radius 2 is 1.93 bits per heavy atom. The summed E-state index contributed by atoms with van der Waals surface area (Å²) in [5.41, 5.74) is 1.60. The van der Waals surface area contributed by atoms with Gasteiger partial charge in [0.15, 0.2) is 4.32 Å². The van der Waals surface area contributed by atoms with E-state index in [0.29, 0.717) is 15.8 Å². The summed E-state index contributed by atoms with van der Waals surface area (Å²) >= 11 is 11.3. The summed E-state index contributed by atoms with van der Waals surface area (Å²) in [6.45, 7) is 2.51. The molecule has 1 fully saturated rings. The summed E-state index contributed by atoms with van der Waals surface area (Å²) < 4.78 is 13.6. The number of benzene rings is 2. The Bertz CT molecular complexity index is 929. The minimum absolute atomic E-state index is 0.133. The zero-order valence-electron chi connectivity index (χ0n) is 14.5. The molecule has 2 aromatic rings. The van der Waals surface area contributed by atoms with Crippen LogP contribution in [0.1, 0.15) is 12.5 Å². The first kappa shape index (κ1) is 20.9. The van der Waals surface area contributed by atoms with E-state index in [-0.39, 0.29) is 5.91 Å². The third kappa shape index (κ3) is 4.60. The molecule has 0 spiro atoms. The van der Waals surface area contributed by atoms with Crippen LogP contribution in [0.3, 0.4) is 0 Å². The molecule has 8 heteroatoms. The van der Waals surface area contributed by atoms with Gasteiger partial charge in [-0.05, 0) is 94.6 Å². The highest BCUT2D eigenvalue weighted by Crippen LogP contribution is 2.38. The number of anilines is 1. The van der Waals surface area contributed by atoms with E-state index in [1.165, 1.54) is 11.8 Å². The molecule has 1 saturated heterocycles. The number of rotatable bonds is 5. The van der Waals surface area contributed by atoms with Crippen molar-refractivity contribution in [2.75, 3.05) is 18.6 Å². The zero-order chi connectivity index (χ0) is 19.6. The first-order chi connectivity index (χ1) is 12.9. The van der Waals surface area contributed by atoms with Gasteiger partial charge in [0.25, 0.3) is 5.91 Å². The predicted molar refractivity (Wildman–Crippen MR) is 132 cm³/mol. The maximum Gasteiger partial charge on any atom is 0.270 e. The highest BCUT2D eigenvalue weighted by atomic mass is 127. The predicted octanol–water partition coefficient (Wildman–Crippen LogP) is 5.71. The number of thioether (sulfide) groups is 1. The van der Waals surface area contributed by atoms with Crippen molar-refractivity contribution in [2.24, 2.45) is 0 Å². The topological polar surface area (TPSA) is 38.8 Å². The maximum atomic E-state index is 13.0. The van der Waals surface area contributed by atoms with Crippen LogP contribution < -0.4 is 14.4 Å². The van der Waals surface area contributed by atoms with Crippen LogP contribution in [0, 0.1) is 7.14 Å². The minimum atomic E-state index is -0.133. The van der Waals surface area contributed by atoms with Gasteiger partial charge in [0.2, 0.25) is 0 Å². The molecular formula is C19H15I2NO3S2. The monoisotopic (exact) mass is 623 g/mol. The van der Waals surface area contributed by atoms with E-state index in [1.54, 1.807) is 12.0 Å². The molecule has 0 radical (unpaired) electrons. The van der Waals surface area contributed by atoms with E-state index in [9.17, 15) is 4.79 Å². The van der Waals surface area contributed by atoms with Gasteiger partial charge in [-0.15, -0.1) is 0 Å². The van der Waals surface area contributed by atoms with Crippen LogP contribution in [0.5, 0.6) is 11.5 Å². The molecule has 0 N–H and O–H groups in total. The highest BCUT2D eigenvalue weighted by molar-refractivity contribution is 14.1. The second-order valence-corrected chi connectivity index (χ2v) is 9.54. The van der Waals surface area contributed by atoms with E-state index in [4.69, 9.17) is 21.7 Å². The molecule has 1 amide bonds. The van der Waals surface area contributed by atoms with Crippen molar-refractivity contribution in [3.8, 4) is 11.5 Å². The van der Waals surface area contributed by atoms with Gasteiger partial charge in [-0.3, -0.25) is 9.69 Å². The summed E-state index contributed by atoms with van der Waals surface area (Å²) in [5.74, 6) is 1.38. The van der Waals surface area contributed by atoms with Crippen LogP contribution in [0.2, 0.25) is 0 Å². The number of nitrogens with zero attached hydrogens (tertiary/aromatic N) is 1. The summed E-state index contributed by atoms with van der Waals surface area (Å²) in [4.78, 5) is 15.1. The number of methoxy groups -OCH3 is 1. The molecule has 1 heterocycles. The van der Waals surface area contributed by atoms with Crippen molar-refractivity contribution >= 4 is 91.2 Å². The van der Waals surface area contributed by atoms with Crippen LogP contribution >= 0.6 is 69.2 Å². The van der Waals surface area contributed by atoms with E-state index in [0.717, 1.165) is 29.9 Å². The normalized spacial score (nSPS) is 15.6. The van der Waals surface area contributed by atoms with Crippen LogP contribution in [0.4, 0.5) is 5.69 Å². The second kappa shape index (κ2) is 9.10. The molecule has 0 atom stereocenters. The zero-order valence-corrected chi connectivity index (χ0v) is 20.4. The number of carbonyl (C=O) groups excluding carboxylic acids is 1. The Labute approximate surface area is 195 Å². The molecule has 1 aliphatic heterocycles. The lowest BCUT2D eigenvalue weighted by atomic mass is 10.2. The van der Waals surface area contributed by atoms with Gasteiger partial charge in [-0.25, -0.2) is 0 Å². The first-order valence-electron chi connectivity index (χ1n) is 7.98. The van der Waals surface area contributed by atoms with Gasteiger partial charge >= 0.3 is 0 Å². The quantitative estimate of drug-likeness (QED) is 0.243. The molecule has 0 aromatic heterocycles. The average molecular weight is 623 g/mol. The molecule has 0 aliphatic carbocycles. The first-order valence-corrected chi connectivity index (χ1v) is 11.4. The molecular weight excluding hydrogens is 608 g/mol. The Morgan fingerprint density at radius 1 is 1.22 bits per heavy atom. The van der Waals surface area contributed by atoms with Crippen molar-refractivity contribution in [3.63, 3.8) is 0 Å². The summed E-state index contributed by atoms with van der Waals surface area (Å²) in [7, 11) is 1.61. The van der Waals surface area contributed by atoms with Gasteiger partial charge in [0, 0.05) is 9.13 Å². The number of hydrogen-bond acceptors (Lipinski definition) is 5. The molecule has 4 nitrogen and oxygen atoms in total. The van der Waals surface area contributed by atoms with Crippen LogP contribution in [0.25, 0.3) is 6.08 Å². The van der Waals surface area contributed by atoms with Crippen molar-refractivity contribution in [1.29, 1.82) is 0 Å². The fourth-order valence-corrected chi connectivity index (χ4v) is 5.88. The molecule has 2 aromatic carbocycles. The number of amides is 1. The average Bonchev–Trinajstić information content (AvgIpc) is 2.91. The lowest BCUT2D eigenvalue weighted by molar-refractivity contribution is -0.113. The van der Waals surface area contributed by atoms with E-state index in [1.807, 2.05) is 49.4 Å². The van der Waals surface area contributed by atoms with Crippen molar-refractivity contribution in [2.45, 2.75) is 6.92 Å². The Morgan fingerprint density at radius 3 is 2.56 bits per heavy atom. The lowest BCUT2D eigenvalue weighted by Crippen LogP contribution is -2.27. The standard InChI is InChI=1S/C19H15I2NO3S2/c1-3-25-17-11(8-12(20)10-15(17)21)9-16-18(23)22(19(26)27-16)13-4-6-14(24-2)7-5-13/h4-10H,3H2,1-2H3/b16-9-. The molecule has 0 unspecified atom stereocenters. The second-order valence-electron chi connectivity index (χ2n) is 5.45. The third-order valence-corrected chi connectivity index (χ3v) is 6.46. The number of hydrogen-bond donors (Lipinski definition) is 0. The summed E-state index contributed by atoms with van der Waals surface area (Å²) in [6.07, 6.45) is 1.86. The number of ether oxygens (including phenoxy) is 2. The van der Waals surface area contributed by atoms with Crippen molar-refractivity contribution in [1.82, 2.24) is 0 Å². The maximum absolute atomic E-state index is 13.0. The SMILES string of the molecule is CCOc1c(I)cc(I)cc1/C=C1\SC(=S)N(c2ccc(OC)cc2)C1=O. The largest absolute Gasteiger partial charge is 0.497 e. The Balaban J connectivity index is 1.97. The van der Waals surface area contributed by atoms with Gasteiger partial charge < -0.3 is 9.47 Å². The number of thiocarbonyl (C=S) groups is 1. The number of halogens is 2. The summed E-state index contributed by atoms with van der Waals surface area (Å²) in [6, 6.07) is 11.3. The van der Waals surface area contributed by atoms with Crippen LogP contribution in [-0.4, -0.2) is 23.9 Å². The molecule has 140 valence electrons. The molecule has 1 aliphatic rings. The highest BCUT2D eigenvalue weighted by Gasteiger charge is 2.33. The van der Waals surface area contributed by atoms with Crippen molar-refractivity contribution in [3.05, 3.63) is 54.0 Å². The fourth-order valence-electron chi connectivity index (χ4n) is 2.55. The van der Waals surface area contributed by atoms with Crippen LogP contribution in [-0.2, 0) is 4.79 Å². The van der Waals surface area contributed by atoms with Crippen LogP contribution in [0.15, 0.2) is 41.3 Å². The molecule has 0 saturated carbocycles. The van der Waals surface area contributed by atoms with Gasteiger partial charge in [-0.1, -0.05) is 24.0 Å². The minimum Gasteiger partial charge on any atom is -0.497 e. The van der Waals surface area contributed by atoms with E-state index < -0.39 is 0 Å². The van der Waals surface area contributed by atoms with Gasteiger partial charge in [0.1, 0.15) is 11.5 Å². The summed E-state index contributed by atoms with van der Waals surface area (Å²) in [5, 5.41) is 0.